The second-order valence-corrected chi connectivity index (χ2v) is 6.67. The minimum Gasteiger partial charge on any atom is -0.353 e. The van der Waals surface area contributed by atoms with Gasteiger partial charge in [0.25, 0.3) is 5.91 Å². The number of hydrogen-bond donors (Lipinski definition) is 2. The number of H-pyrrole nitrogens is 1. The lowest BCUT2D eigenvalue weighted by atomic mass is 9.81. The van der Waals surface area contributed by atoms with Crippen LogP contribution in [0, 0.1) is 0 Å². The van der Waals surface area contributed by atoms with Crippen LogP contribution >= 0.6 is 0 Å². The van der Waals surface area contributed by atoms with Gasteiger partial charge in [-0.3, -0.25) is 4.79 Å². The first-order chi connectivity index (χ1) is 11.8. The molecule has 0 aliphatic heterocycles. The Morgan fingerprint density at radius 1 is 1.21 bits per heavy atom. The van der Waals surface area contributed by atoms with E-state index in [1.54, 1.807) is 0 Å². The minimum absolute atomic E-state index is 0.0507. The molecule has 2 aromatic heterocycles. The summed E-state index contributed by atoms with van der Waals surface area (Å²) >= 11 is 0. The topological polar surface area (TPSA) is 57.8 Å². The van der Waals surface area contributed by atoms with E-state index in [9.17, 15) is 4.79 Å². The molecule has 2 heterocycles. The van der Waals surface area contributed by atoms with E-state index in [0.717, 1.165) is 29.4 Å². The third-order valence-corrected chi connectivity index (χ3v) is 5.15. The number of rotatable bonds is 3. The first kappa shape index (κ1) is 15.2. The van der Waals surface area contributed by atoms with Gasteiger partial charge in [-0.1, -0.05) is 37.5 Å². The van der Waals surface area contributed by atoms with Crippen LogP contribution in [0.25, 0.3) is 21.8 Å². The number of fused-ring (bicyclic) bond motifs is 3. The normalized spacial score (nSPS) is 15.9. The summed E-state index contributed by atoms with van der Waals surface area (Å²) in [6.45, 7) is 2.57. The van der Waals surface area contributed by atoms with Crippen molar-refractivity contribution in [3.8, 4) is 0 Å². The van der Waals surface area contributed by atoms with E-state index in [1.807, 2.05) is 19.2 Å². The average molecular weight is 321 g/mol. The Bertz CT molecular complexity index is 890. The first-order valence-electron chi connectivity index (χ1n) is 8.97. The van der Waals surface area contributed by atoms with Crippen LogP contribution < -0.4 is 5.32 Å². The lowest BCUT2D eigenvalue weighted by Crippen LogP contribution is -2.26. The molecule has 0 spiro atoms. The number of carbonyl (C=O) groups excluding carboxylic acids is 1. The molecule has 0 atom stereocenters. The number of amides is 1. The third kappa shape index (κ3) is 2.46. The number of nitrogens with zero attached hydrogens (tertiary/aromatic N) is 1. The summed E-state index contributed by atoms with van der Waals surface area (Å²) in [7, 11) is 0. The highest BCUT2D eigenvalue weighted by Gasteiger charge is 2.26. The number of carbonyl (C=O) groups is 1. The van der Waals surface area contributed by atoms with Crippen molar-refractivity contribution in [1.82, 2.24) is 15.3 Å². The molecule has 1 saturated carbocycles. The number of benzene rings is 1. The molecule has 0 saturated heterocycles. The fraction of sp³-hybridized carbons (Fsp3) is 0.400. The van der Waals surface area contributed by atoms with Gasteiger partial charge in [0.1, 0.15) is 5.69 Å². The van der Waals surface area contributed by atoms with Crippen molar-refractivity contribution in [3.05, 3.63) is 41.7 Å². The Kier molecular flexibility index (Phi) is 3.97. The van der Waals surface area contributed by atoms with Gasteiger partial charge in [-0.05, 0) is 37.3 Å². The van der Waals surface area contributed by atoms with E-state index >= 15 is 0 Å². The molecule has 1 fully saturated rings. The van der Waals surface area contributed by atoms with Gasteiger partial charge in [0, 0.05) is 22.8 Å². The van der Waals surface area contributed by atoms with Gasteiger partial charge in [-0.25, -0.2) is 4.98 Å². The van der Waals surface area contributed by atoms with E-state index < -0.39 is 0 Å². The highest BCUT2D eigenvalue weighted by atomic mass is 16.1. The standard InChI is InChI=1S/C20H23N3O/c1-2-21-20(24)19-17(13-8-4-3-5-9-13)18-14-10-6-7-11-15(14)23-16(18)12-22-19/h6-7,10-13,23H,2-5,8-9H2,1H3,(H,21,24). The number of hydrogen-bond acceptors (Lipinski definition) is 2. The highest BCUT2D eigenvalue weighted by Crippen LogP contribution is 2.40. The summed E-state index contributed by atoms with van der Waals surface area (Å²) in [5.41, 5.74) is 3.90. The number of aromatic nitrogens is 2. The van der Waals surface area contributed by atoms with Crippen LogP contribution in [0.2, 0.25) is 0 Å². The SMILES string of the molecule is CCNC(=O)c1ncc2[nH]c3ccccc3c2c1C1CCCCC1. The molecule has 0 unspecified atom stereocenters. The van der Waals surface area contributed by atoms with E-state index in [2.05, 4.69) is 33.5 Å². The van der Waals surface area contributed by atoms with Crippen LogP contribution in [-0.2, 0) is 0 Å². The molecule has 24 heavy (non-hydrogen) atoms. The zero-order valence-corrected chi connectivity index (χ0v) is 14.1. The summed E-state index contributed by atoms with van der Waals surface area (Å²) in [4.78, 5) is 20.6. The molecule has 0 radical (unpaired) electrons. The van der Waals surface area contributed by atoms with E-state index in [4.69, 9.17) is 0 Å². The fourth-order valence-electron chi connectivity index (χ4n) is 4.08. The van der Waals surface area contributed by atoms with Gasteiger partial charge in [-0.2, -0.15) is 0 Å². The van der Waals surface area contributed by atoms with E-state index in [-0.39, 0.29) is 5.91 Å². The van der Waals surface area contributed by atoms with Gasteiger partial charge in [-0.15, -0.1) is 0 Å². The first-order valence-corrected chi connectivity index (χ1v) is 8.97. The molecule has 124 valence electrons. The van der Waals surface area contributed by atoms with Crippen molar-refractivity contribution in [1.29, 1.82) is 0 Å². The zero-order valence-electron chi connectivity index (χ0n) is 14.1. The smallest absolute Gasteiger partial charge is 0.270 e. The van der Waals surface area contributed by atoms with E-state index in [1.165, 1.54) is 30.0 Å². The lowest BCUT2D eigenvalue weighted by Gasteiger charge is -2.24. The molecular weight excluding hydrogens is 298 g/mol. The second-order valence-electron chi connectivity index (χ2n) is 6.67. The number of pyridine rings is 1. The molecule has 4 rings (SSSR count). The van der Waals surface area contributed by atoms with Crippen LogP contribution in [0.4, 0.5) is 0 Å². The number of nitrogens with one attached hydrogen (secondary N) is 2. The monoisotopic (exact) mass is 321 g/mol. The summed E-state index contributed by atoms with van der Waals surface area (Å²) in [6, 6.07) is 8.33. The average Bonchev–Trinajstić information content (AvgIpc) is 3.00. The number of aromatic amines is 1. The maximum Gasteiger partial charge on any atom is 0.270 e. The molecule has 1 amide bonds. The van der Waals surface area contributed by atoms with Crippen LogP contribution in [-0.4, -0.2) is 22.4 Å². The Hall–Kier alpha value is -2.36. The van der Waals surface area contributed by atoms with Gasteiger partial charge < -0.3 is 10.3 Å². The Morgan fingerprint density at radius 3 is 2.79 bits per heavy atom. The van der Waals surface area contributed by atoms with E-state index in [0.29, 0.717) is 18.2 Å². The molecule has 1 aliphatic carbocycles. The summed E-state index contributed by atoms with van der Waals surface area (Å²) in [6.07, 6.45) is 7.87. The third-order valence-electron chi connectivity index (χ3n) is 5.15. The molecule has 1 aliphatic rings. The Balaban J connectivity index is 2.00. The van der Waals surface area contributed by atoms with Crippen molar-refractivity contribution < 1.29 is 4.79 Å². The fourth-order valence-corrected chi connectivity index (χ4v) is 4.08. The Labute approximate surface area is 141 Å². The van der Waals surface area contributed by atoms with Gasteiger partial charge >= 0.3 is 0 Å². The predicted octanol–water partition coefficient (Wildman–Crippen LogP) is 4.51. The van der Waals surface area contributed by atoms with Crippen molar-refractivity contribution in [2.75, 3.05) is 6.54 Å². The molecule has 1 aromatic carbocycles. The molecule has 2 N–H and O–H groups in total. The van der Waals surface area contributed by atoms with Crippen molar-refractivity contribution in [2.45, 2.75) is 44.9 Å². The second kappa shape index (κ2) is 6.27. The molecule has 0 bridgehead atoms. The minimum atomic E-state index is -0.0507. The quantitative estimate of drug-likeness (QED) is 0.745. The summed E-state index contributed by atoms with van der Waals surface area (Å²) in [5.74, 6) is 0.372. The van der Waals surface area contributed by atoms with Crippen LogP contribution in [0.15, 0.2) is 30.5 Å². The van der Waals surface area contributed by atoms with Gasteiger partial charge in [0.2, 0.25) is 0 Å². The zero-order chi connectivity index (χ0) is 16.5. The predicted molar refractivity (Wildman–Crippen MR) is 97.4 cm³/mol. The summed E-state index contributed by atoms with van der Waals surface area (Å²) in [5, 5.41) is 5.32. The molecular formula is C20H23N3O. The summed E-state index contributed by atoms with van der Waals surface area (Å²) < 4.78 is 0. The highest BCUT2D eigenvalue weighted by molar-refractivity contribution is 6.11. The number of para-hydroxylation sites is 1. The molecule has 4 heteroatoms. The van der Waals surface area contributed by atoms with Crippen LogP contribution in [0.3, 0.4) is 0 Å². The van der Waals surface area contributed by atoms with Crippen molar-refractivity contribution in [3.63, 3.8) is 0 Å². The van der Waals surface area contributed by atoms with Crippen molar-refractivity contribution >= 4 is 27.7 Å². The maximum absolute atomic E-state index is 12.6. The van der Waals surface area contributed by atoms with Crippen LogP contribution in [0.5, 0.6) is 0 Å². The lowest BCUT2D eigenvalue weighted by molar-refractivity contribution is 0.0949. The molecule has 4 nitrogen and oxygen atoms in total. The largest absolute Gasteiger partial charge is 0.353 e. The van der Waals surface area contributed by atoms with Crippen LogP contribution in [0.1, 0.15) is 61.0 Å². The van der Waals surface area contributed by atoms with Crippen molar-refractivity contribution in [2.24, 2.45) is 0 Å². The van der Waals surface area contributed by atoms with Gasteiger partial charge in [0.05, 0.1) is 11.7 Å². The maximum atomic E-state index is 12.6. The Morgan fingerprint density at radius 2 is 2.00 bits per heavy atom. The van der Waals surface area contributed by atoms with Gasteiger partial charge in [0.15, 0.2) is 0 Å². The molecule has 3 aromatic rings.